The van der Waals surface area contributed by atoms with E-state index in [-0.39, 0.29) is 16.3 Å². The summed E-state index contributed by atoms with van der Waals surface area (Å²) < 4.78 is 5.30. The van der Waals surface area contributed by atoms with E-state index in [4.69, 9.17) is 4.74 Å². The van der Waals surface area contributed by atoms with Gasteiger partial charge in [-0.05, 0) is 100 Å². The fraction of sp³-hybridized carbons (Fsp3) is 0.613. The molecule has 0 saturated heterocycles. The summed E-state index contributed by atoms with van der Waals surface area (Å²) in [5.74, 6) is 3.71. The lowest BCUT2D eigenvalue weighted by Crippen LogP contribution is -2.24. The number of rotatable bonds is 11. The van der Waals surface area contributed by atoms with Gasteiger partial charge in [-0.1, -0.05) is 66.8 Å². The highest BCUT2D eigenvalue weighted by molar-refractivity contribution is 5.31. The first-order valence-corrected chi connectivity index (χ1v) is 12.3. The van der Waals surface area contributed by atoms with Crippen LogP contribution < -0.4 is 4.74 Å². The van der Waals surface area contributed by atoms with Gasteiger partial charge in [-0.25, -0.2) is 0 Å². The van der Waals surface area contributed by atoms with Crippen molar-refractivity contribution < 1.29 is 11.3 Å². The van der Waals surface area contributed by atoms with Crippen LogP contribution in [0, 0.1) is 11.8 Å². The molecule has 2 aromatic rings. The Kier molecular flexibility index (Phi) is 18.3. The van der Waals surface area contributed by atoms with Gasteiger partial charge in [0.25, 0.3) is 0 Å². The maximum Gasteiger partial charge on any atom is 1.00 e. The van der Waals surface area contributed by atoms with Crippen molar-refractivity contribution in [3.8, 4) is 11.5 Å². The van der Waals surface area contributed by atoms with Crippen LogP contribution in [0.25, 0.3) is 0 Å². The van der Waals surface area contributed by atoms with Gasteiger partial charge in [-0.15, -0.1) is 0 Å². The fourth-order valence-corrected chi connectivity index (χ4v) is 4.97. The summed E-state index contributed by atoms with van der Waals surface area (Å²) in [4.78, 5) is 4.48. The van der Waals surface area contributed by atoms with Crippen LogP contribution in [0.15, 0.2) is 48.5 Å². The monoisotopic (exact) mass is 489 g/mol. The number of hydrogen-bond acceptors (Lipinski definition) is 4. The maximum atomic E-state index is 9.51. The highest BCUT2D eigenvalue weighted by Gasteiger charge is 2.19. The predicted molar refractivity (Wildman–Crippen MR) is 157 cm³/mol. The molecule has 0 saturated carbocycles. The van der Waals surface area contributed by atoms with Gasteiger partial charge in [0.2, 0.25) is 0 Å². The Balaban J connectivity index is -0.000000559. The Labute approximate surface area is 219 Å². The zero-order valence-electron chi connectivity index (χ0n) is 23.5. The van der Waals surface area contributed by atoms with Crippen molar-refractivity contribution in [2.75, 3.05) is 48.4 Å². The van der Waals surface area contributed by atoms with Gasteiger partial charge in [0.15, 0.2) is 0 Å². The first kappa shape index (κ1) is 35.1. The van der Waals surface area contributed by atoms with Crippen molar-refractivity contribution in [1.29, 1.82) is 0 Å². The van der Waals surface area contributed by atoms with Gasteiger partial charge < -0.3 is 19.6 Å². The summed E-state index contributed by atoms with van der Waals surface area (Å²) in [5, 5.41) is 9.51. The van der Waals surface area contributed by atoms with E-state index in [1.165, 1.54) is 17.5 Å². The molecule has 0 radical (unpaired) electrons. The van der Waals surface area contributed by atoms with E-state index in [2.05, 4.69) is 90.0 Å². The first-order chi connectivity index (χ1) is 15.6. The van der Waals surface area contributed by atoms with E-state index < -0.39 is 0 Å². The Morgan fingerprint density at radius 3 is 1.57 bits per heavy atom. The maximum absolute atomic E-state index is 9.51. The molecule has 202 valence electrons. The van der Waals surface area contributed by atoms with Crippen LogP contribution in [0.5, 0.6) is 11.5 Å². The highest BCUT2D eigenvalue weighted by Crippen LogP contribution is 2.31. The van der Waals surface area contributed by atoms with Crippen LogP contribution in [-0.4, -0.2) is 63.3 Å². The molecule has 0 aromatic heterocycles. The SMILES string of the molecule is C.C.CCC(c1cccc(O)c1)C(C)CN(C)C.CCC(c1cccc(OC)c1)C(C)CN(C)C.[H+]. The molecule has 2 rings (SSSR count). The minimum Gasteiger partial charge on any atom is -0.508 e. The molecule has 0 amide bonds. The molecule has 0 aliphatic rings. The third kappa shape index (κ3) is 12.5. The second kappa shape index (κ2) is 18.3. The topological polar surface area (TPSA) is 35.9 Å². The van der Waals surface area contributed by atoms with Gasteiger partial charge in [-0.3, -0.25) is 0 Å². The third-order valence-corrected chi connectivity index (χ3v) is 6.38. The fourth-order valence-electron chi connectivity index (χ4n) is 4.97. The van der Waals surface area contributed by atoms with Gasteiger partial charge >= 0.3 is 1.43 Å². The number of methoxy groups -OCH3 is 1. The number of phenolic OH excluding ortho intramolecular Hbond substituents is 1. The number of benzene rings is 2. The lowest BCUT2D eigenvalue weighted by Gasteiger charge is -2.26. The Morgan fingerprint density at radius 1 is 0.771 bits per heavy atom. The average Bonchev–Trinajstić information content (AvgIpc) is 2.74. The highest BCUT2D eigenvalue weighted by atomic mass is 16.5. The van der Waals surface area contributed by atoms with E-state index in [1.807, 2.05) is 18.2 Å². The Morgan fingerprint density at radius 2 is 1.20 bits per heavy atom. The second-order valence-electron chi connectivity index (χ2n) is 9.88. The molecule has 0 bridgehead atoms. The summed E-state index contributed by atoms with van der Waals surface area (Å²) in [5.41, 5.74) is 2.64. The van der Waals surface area contributed by atoms with Gasteiger partial charge in [0.1, 0.15) is 11.5 Å². The summed E-state index contributed by atoms with van der Waals surface area (Å²) >= 11 is 0. The van der Waals surface area contributed by atoms with Crippen LogP contribution in [0.2, 0.25) is 0 Å². The van der Waals surface area contributed by atoms with Crippen LogP contribution in [0.3, 0.4) is 0 Å². The quantitative estimate of drug-likeness (QED) is 0.348. The molecular formula is C31H57N2O2+. The molecule has 4 nitrogen and oxygen atoms in total. The largest absolute Gasteiger partial charge is 1.00 e. The molecule has 4 unspecified atom stereocenters. The minimum absolute atomic E-state index is 0. The summed E-state index contributed by atoms with van der Waals surface area (Å²) in [6.45, 7) is 11.3. The molecule has 1 N–H and O–H groups in total. The molecule has 4 heteroatoms. The number of aromatic hydroxyl groups is 1. The predicted octanol–water partition coefficient (Wildman–Crippen LogP) is 7.85. The number of hydrogen-bond donors (Lipinski definition) is 1. The van der Waals surface area contributed by atoms with Crippen molar-refractivity contribution in [1.82, 2.24) is 9.80 Å². The number of nitrogens with zero attached hydrogens (tertiary/aromatic N) is 2. The zero-order valence-corrected chi connectivity index (χ0v) is 22.5. The second-order valence-corrected chi connectivity index (χ2v) is 9.88. The van der Waals surface area contributed by atoms with E-state index >= 15 is 0 Å². The van der Waals surface area contributed by atoms with Crippen LogP contribution >= 0.6 is 0 Å². The molecule has 0 heterocycles. The molecular weight excluding hydrogens is 432 g/mol. The van der Waals surface area contributed by atoms with Gasteiger partial charge in [-0.2, -0.15) is 0 Å². The molecule has 4 atom stereocenters. The molecule has 2 aromatic carbocycles. The van der Waals surface area contributed by atoms with E-state index in [0.717, 1.165) is 25.3 Å². The zero-order chi connectivity index (χ0) is 25.0. The standard InChI is InChI=1S/C15H25NO.C14H23NO.2CH4/c1-6-15(12(2)11-16(3)4)13-8-7-9-14(10-13)17-5;1-5-14(11(2)10-15(3)4)12-7-6-8-13(16)9-12;;/h7-10,12,15H,6,11H2,1-5H3;6-9,11,14,16H,5,10H2,1-4H3;2*1H4/p+1. The van der Waals surface area contributed by atoms with Crippen molar-refractivity contribution in [3.63, 3.8) is 0 Å². The average molecular weight is 490 g/mol. The normalized spacial score (nSPS) is 14.0. The van der Waals surface area contributed by atoms with Crippen LogP contribution in [-0.2, 0) is 0 Å². The number of ether oxygens (including phenoxy) is 1. The Hall–Kier alpha value is -2.04. The van der Waals surface area contributed by atoms with E-state index in [0.29, 0.717) is 29.4 Å². The van der Waals surface area contributed by atoms with Gasteiger partial charge in [0, 0.05) is 13.1 Å². The van der Waals surface area contributed by atoms with E-state index in [1.54, 1.807) is 13.2 Å². The molecule has 0 aliphatic heterocycles. The van der Waals surface area contributed by atoms with Crippen molar-refractivity contribution in [2.45, 2.75) is 67.2 Å². The Bertz CT molecular complexity index is 798. The van der Waals surface area contributed by atoms with E-state index in [9.17, 15) is 5.11 Å². The lowest BCUT2D eigenvalue weighted by molar-refractivity contribution is 0.301. The molecule has 0 aliphatic carbocycles. The van der Waals surface area contributed by atoms with Crippen molar-refractivity contribution in [3.05, 3.63) is 59.7 Å². The number of phenols is 1. The molecule has 0 spiro atoms. The minimum atomic E-state index is 0. The van der Waals surface area contributed by atoms with Crippen molar-refractivity contribution >= 4 is 0 Å². The summed E-state index contributed by atoms with van der Waals surface area (Å²) in [6.07, 6.45) is 2.28. The van der Waals surface area contributed by atoms with Crippen molar-refractivity contribution in [2.24, 2.45) is 11.8 Å². The lowest BCUT2D eigenvalue weighted by atomic mass is 9.85. The van der Waals surface area contributed by atoms with Crippen LogP contribution in [0.1, 0.15) is 79.8 Å². The smallest absolute Gasteiger partial charge is 0.508 e. The molecule has 0 fully saturated rings. The summed E-state index contributed by atoms with van der Waals surface area (Å²) in [7, 11) is 10.2. The first-order valence-electron chi connectivity index (χ1n) is 12.3. The van der Waals surface area contributed by atoms with Gasteiger partial charge in [0.05, 0.1) is 7.11 Å². The molecule has 35 heavy (non-hydrogen) atoms. The van der Waals surface area contributed by atoms with Crippen LogP contribution in [0.4, 0.5) is 0 Å². The third-order valence-electron chi connectivity index (χ3n) is 6.38. The summed E-state index contributed by atoms with van der Waals surface area (Å²) in [6, 6.07) is 16.1.